The average molecular weight is 363 g/mol. The molecule has 0 saturated heterocycles. The quantitative estimate of drug-likeness (QED) is 0.154. The van der Waals surface area contributed by atoms with Crippen LogP contribution in [0.3, 0.4) is 0 Å². The molecule has 0 heterocycles. The Hall–Kier alpha value is 0.170. The van der Waals surface area contributed by atoms with Gasteiger partial charge in [-0.1, -0.05) is 64.7 Å². The maximum atomic E-state index is 10.9. The van der Waals surface area contributed by atoms with E-state index < -0.39 is 0 Å². The molecule has 0 aromatic heterocycles. The minimum atomic E-state index is -0.0696. The maximum absolute atomic E-state index is 10.9. The number of methoxy groups -OCH3 is 1. The molecule has 0 amide bonds. The molecule has 0 rings (SSSR count). The van der Waals surface area contributed by atoms with Gasteiger partial charge in [-0.25, -0.2) is 0 Å². The maximum Gasteiger partial charge on any atom is 0.305 e. The van der Waals surface area contributed by atoms with Gasteiger partial charge < -0.3 is 4.74 Å². The molecule has 0 aliphatic carbocycles. The van der Waals surface area contributed by atoms with E-state index in [0.717, 1.165) is 12.8 Å². The van der Waals surface area contributed by atoms with E-state index in [4.69, 9.17) is 0 Å². The monoisotopic (exact) mass is 362 g/mol. The molecule has 0 saturated carbocycles. The number of carbonyl (C=O) groups is 1. The Bertz CT molecular complexity index is 248. The van der Waals surface area contributed by atoms with E-state index in [9.17, 15) is 4.79 Å². The van der Waals surface area contributed by atoms with Crippen LogP contribution in [0, 0.1) is 0 Å². The van der Waals surface area contributed by atoms with E-state index >= 15 is 0 Å². The molecule has 0 aliphatic heterocycles. The van der Waals surface area contributed by atoms with Gasteiger partial charge in [0.2, 0.25) is 0 Å². The highest BCUT2D eigenvalue weighted by molar-refractivity contribution is 8.15. The predicted octanol–water partition coefficient (Wildman–Crippen LogP) is 6.67. The summed E-state index contributed by atoms with van der Waals surface area (Å²) in [6.07, 6.45) is 16.4. The van der Waals surface area contributed by atoms with Crippen LogP contribution in [-0.4, -0.2) is 29.7 Å². The smallest absolute Gasteiger partial charge is 0.305 e. The van der Waals surface area contributed by atoms with Crippen molar-refractivity contribution in [3.8, 4) is 0 Å². The van der Waals surface area contributed by atoms with E-state index in [1.54, 1.807) is 0 Å². The highest BCUT2D eigenvalue weighted by atomic mass is 32.2. The molecule has 0 fully saturated rings. The topological polar surface area (TPSA) is 26.3 Å². The van der Waals surface area contributed by atoms with Gasteiger partial charge in [-0.2, -0.15) is 23.5 Å². The number of unbranched alkanes of at least 4 members (excludes halogenated alkanes) is 10. The lowest BCUT2D eigenvalue weighted by Crippen LogP contribution is -1.99. The zero-order valence-electron chi connectivity index (χ0n) is 15.4. The summed E-state index contributed by atoms with van der Waals surface area (Å²) in [7, 11) is 1.46. The van der Waals surface area contributed by atoms with Crippen LogP contribution in [0.15, 0.2) is 0 Å². The largest absolute Gasteiger partial charge is 0.469 e. The highest BCUT2D eigenvalue weighted by Gasteiger charge is 1.99. The molecule has 0 atom stereocenters. The molecule has 0 radical (unpaired) electrons. The third-order valence-electron chi connectivity index (χ3n) is 3.96. The van der Waals surface area contributed by atoms with Gasteiger partial charge in [-0.15, -0.1) is 0 Å². The lowest BCUT2D eigenvalue weighted by molar-refractivity contribution is -0.140. The standard InChI is InChI=1S/C19H38O2S2/c1-3-4-5-6-10-13-16-22-18-23-17-14-11-8-7-9-12-15-19(20)21-2/h3-18H2,1-2H3. The number of rotatable bonds is 18. The van der Waals surface area contributed by atoms with Crippen molar-refractivity contribution in [2.24, 2.45) is 0 Å². The van der Waals surface area contributed by atoms with Crippen molar-refractivity contribution in [3.05, 3.63) is 0 Å². The first-order valence-corrected chi connectivity index (χ1v) is 11.8. The fourth-order valence-electron chi connectivity index (χ4n) is 2.44. The molecule has 0 aromatic rings. The predicted molar refractivity (Wildman–Crippen MR) is 107 cm³/mol. The van der Waals surface area contributed by atoms with Crippen LogP contribution in [0.1, 0.15) is 90.4 Å². The molecule has 0 unspecified atom stereocenters. The summed E-state index contributed by atoms with van der Waals surface area (Å²) in [5, 5.41) is 1.27. The number of carbonyl (C=O) groups excluding carboxylic acids is 1. The molecule has 0 aliphatic rings. The molecular weight excluding hydrogens is 324 g/mol. The Morgan fingerprint density at radius 3 is 1.74 bits per heavy atom. The molecule has 0 spiro atoms. The second kappa shape index (κ2) is 20.2. The molecule has 0 N–H and O–H groups in total. The van der Waals surface area contributed by atoms with Gasteiger partial charge in [0.1, 0.15) is 0 Å². The van der Waals surface area contributed by atoms with Crippen LogP contribution in [0.5, 0.6) is 0 Å². The highest BCUT2D eigenvalue weighted by Crippen LogP contribution is 2.17. The van der Waals surface area contributed by atoms with E-state index in [1.165, 1.54) is 87.9 Å². The van der Waals surface area contributed by atoms with Crippen molar-refractivity contribution in [1.29, 1.82) is 0 Å². The minimum absolute atomic E-state index is 0.0696. The lowest BCUT2D eigenvalue weighted by atomic mass is 10.1. The van der Waals surface area contributed by atoms with Crippen LogP contribution >= 0.6 is 23.5 Å². The molecule has 23 heavy (non-hydrogen) atoms. The first-order chi connectivity index (χ1) is 11.3. The van der Waals surface area contributed by atoms with Gasteiger partial charge >= 0.3 is 5.97 Å². The minimum Gasteiger partial charge on any atom is -0.469 e. The van der Waals surface area contributed by atoms with Crippen LogP contribution in [0.4, 0.5) is 0 Å². The normalized spacial score (nSPS) is 10.9. The fourth-order valence-corrected chi connectivity index (χ4v) is 4.67. The zero-order chi connectivity index (χ0) is 17.0. The Labute approximate surface area is 153 Å². The Morgan fingerprint density at radius 1 is 0.739 bits per heavy atom. The van der Waals surface area contributed by atoms with Crippen molar-refractivity contribution in [2.45, 2.75) is 90.4 Å². The molecule has 138 valence electrons. The van der Waals surface area contributed by atoms with Crippen LogP contribution in [0.2, 0.25) is 0 Å². The van der Waals surface area contributed by atoms with E-state index in [1.807, 2.05) is 0 Å². The third-order valence-corrected chi connectivity index (χ3v) is 6.44. The van der Waals surface area contributed by atoms with Crippen LogP contribution < -0.4 is 0 Å². The van der Waals surface area contributed by atoms with Gasteiger partial charge in [0.25, 0.3) is 0 Å². The number of hydrogen-bond acceptors (Lipinski definition) is 4. The van der Waals surface area contributed by atoms with E-state index in [0.29, 0.717) is 6.42 Å². The van der Waals surface area contributed by atoms with Gasteiger partial charge in [0, 0.05) is 11.5 Å². The Morgan fingerprint density at radius 2 is 1.22 bits per heavy atom. The summed E-state index contributed by atoms with van der Waals surface area (Å²) in [4.78, 5) is 10.9. The molecular formula is C19H38O2S2. The summed E-state index contributed by atoms with van der Waals surface area (Å²) >= 11 is 4.22. The first-order valence-electron chi connectivity index (χ1n) is 9.53. The summed E-state index contributed by atoms with van der Waals surface area (Å²) in [5.74, 6) is 2.59. The van der Waals surface area contributed by atoms with E-state index in [-0.39, 0.29) is 5.97 Å². The summed E-state index contributed by atoms with van der Waals surface area (Å²) < 4.78 is 4.64. The number of hydrogen-bond donors (Lipinski definition) is 0. The summed E-state index contributed by atoms with van der Waals surface area (Å²) in [6.45, 7) is 2.28. The SMILES string of the molecule is CCCCCCCCSCSCCCCCCCCC(=O)OC. The first kappa shape index (κ1) is 23.2. The van der Waals surface area contributed by atoms with Crippen LogP contribution in [-0.2, 0) is 9.53 Å². The number of ether oxygens (including phenoxy) is 1. The molecule has 0 bridgehead atoms. The zero-order valence-corrected chi connectivity index (χ0v) is 17.1. The molecule has 2 nitrogen and oxygen atoms in total. The van der Waals surface area contributed by atoms with Gasteiger partial charge in [-0.3, -0.25) is 4.79 Å². The Balaban J connectivity index is 2.99. The summed E-state index contributed by atoms with van der Waals surface area (Å²) in [5.41, 5.74) is 0. The average Bonchev–Trinajstić information content (AvgIpc) is 2.57. The van der Waals surface area contributed by atoms with E-state index in [2.05, 4.69) is 35.2 Å². The van der Waals surface area contributed by atoms with Gasteiger partial charge in [0.15, 0.2) is 0 Å². The number of esters is 1. The summed E-state index contributed by atoms with van der Waals surface area (Å²) in [6, 6.07) is 0. The third kappa shape index (κ3) is 20.1. The van der Waals surface area contributed by atoms with Gasteiger partial charge in [0.05, 0.1) is 7.11 Å². The van der Waals surface area contributed by atoms with Crippen LogP contribution in [0.25, 0.3) is 0 Å². The van der Waals surface area contributed by atoms with Crippen molar-refractivity contribution < 1.29 is 9.53 Å². The van der Waals surface area contributed by atoms with Gasteiger partial charge in [-0.05, 0) is 30.8 Å². The fraction of sp³-hybridized carbons (Fsp3) is 0.947. The van der Waals surface area contributed by atoms with Crippen molar-refractivity contribution in [1.82, 2.24) is 0 Å². The second-order valence-corrected chi connectivity index (χ2v) is 8.73. The lowest BCUT2D eigenvalue weighted by Gasteiger charge is -2.03. The van der Waals surface area contributed by atoms with Crippen molar-refractivity contribution in [3.63, 3.8) is 0 Å². The van der Waals surface area contributed by atoms with Crippen molar-refractivity contribution in [2.75, 3.05) is 23.7 Å². The van der Waals surface area contributed by atoms with Crippen molar-refractivity contribution >= 4 is 29.5 Å². The second-order valence-electron chi connectivity index (χ2n) is 6.15. The molecule has 0 aromatic carbocycles. The molecule has 4 heteroatoms. The number of thioether (sulfide) groups is 2. The Kier molecular flexibility index (Phi) is 20.4.